The van der Waals surface area contributed by atoms with Crippen LogP contribution in [0.5, 0.6) is 0 Å². The number of piperidine rings is 2. The number of carbonyl (C=O) groups excluding carboxylic acids is 1. The van der Waals surface area contributed by atoms with E-state index in [1.165, 1.54) is 64.5 Å². The van der Waals surface area contributed by atoms with Crippen LogP contribution in [0.25, 0.3) is 0 Å². The van der Waals surface area contributed by atoms with E-state index < -0.39 is 0 Å². The van der Waals surface area contributed by atoms with Crippen molar-refractivity contribution in [1.82, 2.24) is 15.1 Å². The molecule has 0 aromatic carbocycles. The molecule has 4 rings (SSSR count). The first-order valence-corrected chi connectivity index (χ1v) is 9.56. The van der Waals surface area contributed by atoms with Gasteiger partial charge in [-0.3, -0.25) is 9.69 Å². The van der Waals surface area contributed by atoms with Crippen molar-refractivity contribution < 1.29 is 4.79 Å². The van der Waals surface area contributed by atoms with Crippen LogP contribution >= 0.6 is 0 Å². The topological polar surface area (TPSA) is 35.6 Å². The van der Waals surface area contributed by atoms with Crippen LogP contribution in [0.15, 0.2) is 0 Å². The molecule has 4 heteroatoms. The van der Waals surface area contributed by atoms with Gasteiger partial charge in [0.15, 0.2) is 0 Å². The molecule has 4 aliphatic heterocycles. The third kappa shape index (κ3) is 3.18. The van der Waals surface area contributed by atoms with Crippen LogP contribution in [0, 0.1) is 5.92 Å². The molecule has 4 saturated heterocycles. The van der Waals surface area contributed by atoms with Crippen molar-refractivity contribution in [2.75, 3.05) is 26.2 Å². The second-order valence-electron chi connectivity index (χ2n) is 8.06. The summed E-state index contributed by atoms with van der Waals surface area (Å²) in [5.74, 6) is 1.08. The summed E-state index contributed by atoms with van der Waals surface area (Å²) in [6, 6.07) is 2.06. The van der Waals surface area contributed by atoms with Gasteiger partial charge in [-0.1, -0.05) is 6.42 Å². The van der Waals surface area contributed by atoms with Crippen molar-refractivity contribution in [3.8, 4) is 0 Å². The third-order valence-corrected chi connectivity index (χ3v) is 6.46. The maximum Gasteiger partial charge on any atom is 0.222 e. The number of rotatable bonds is 3. The Kier molecular flexibility index (Phi) is 4.40. The molecule has 2 bridgehead atoms. The number of hydrogen-bond acceptors (Lipinski definition) is 3. The summed E-state index contributed by atoms with van der Waals surface area (Å²) in [7, 11) is 0. The molecular formula is C18H31N3O. The minimum atomic E-state index is 0.436. The van der Waals surface area contributed by atoms with Crippen LogP contribution in [-0.4, -0.2) is 60.0 Å². The summed E-state index contributed by atoms with van der Waals surface area (Å²) in [4.78, 5) is 17.5. The lowest BCUT2D eigenvalue weighted by atomic mass is 9.89. The molecule has 0 aromatic heterocycles. The zero-order valence-corrected chi connectivity index (χ0v) is 13.8. The highest BCUT2D eigenvalue weighted by molar-refractivity contribution is 5.76. The number of fused-ring (bicyclic) bond motifs is 2. The summed E-state index contributed by atoms with van der Waals surface area (Å²) >= 11 is 0. The lowest BCUT2D eigenvalue weighted by Crippen LogP contribution is -2.42. The van der Waals surface area contributed by atoms with E-state index >= 15 is 0 Å². The fraction of sp³-hybridized carbons (Fsp3) is 0.944. The van der Waals surface area contributed by atoms with Crippen LogP contribution < -0.4 is 5.32 Å². The Labute approximate surface area is 134 Å². The molecule has 1 N–H and O–H groups in total. The van der Waals surface area contributed by atoms with E-state index in [1.54, 1.807) is 0 Å². The van der Waals surface area contributed by atoms with Gasteiger partial charge in [-0.25, -0.2) is 0 Å². The Hall–Kier alpha value is -0.610. The maximum absolute atomic E-state index is 12.7. The highest BCUT2D eigenvalue weighted by Crippen LogP contribution is 2.33. The lowest BCUT2D eigenvalue weighted by molar-refractivity contribution is -0.131. The second-order valence-corrected chi connectivity index (χ2v) is 8.06. The molecule has 0 radical (unpaired) electrons. The van der Waals surface area contributed by atoms with Crippen molar-refractivity contribution >= 4 is 5.91 Å². The molecule has 4 heterocycles. The Morgan fingerprint density at radius 2 is 1.68 bits per heavy atom. The number of likely N-dealkylation sites (tertiary alicyclic amines) is 2. The standard InChI is InChI=1S/C18H31N3O/c22-18(12-14-10-15-4-5-16(11-14)19-15)21-9-6-17(13-21)20-7-2-1-3-8-20/h14-17,19H,1-13H2. The van der Waals surface area contributed by atoms with E-state index in [4.69, 9.17) is 0 Å². The van der Waals surface area contributed by atoms with Crippen LogP contribution in [-0.2, 0) is 4.79 Å². The maximum atomic E-state index is 12.7. The molecule has 3 atom stereocenters. The first kappa shape index (κ1) is 14.9. The molecule has 0 spiro atoms. The van der Waals surface area contributed by atoms with E-state index in [2.05, 4.69) is 15.1 Å². The molecule has 124 valence electrons. The Balaban J connectivity index is 1.26. The van der Waals surface area contributed by atoms with Crippen LogP contribution in [0.4, 0.5) is 0 Å². The molecule has 4 aliphatic rings. The summed E-state index contributed by atoms with van der Waals surface area (Å²) in [6.07, 6.45) is 11.2. The SMILES string of the molecule is O=C(CC1CC2CCC(C1)N2)N1CCC(N2CCCCC2)C1. The first-order valence-electron chi connectivity index (χ1n) is 9.56. The van der Waals surface area contributed by atoms with E-state index in [1.807, 2.05) is 0 Å². The number of amides is 1. The zero-order valence-electron chi connectivity index (χ0n) is 13.8. The Bertz CT molecular complexity index is 395. The molecule has 0 saturated carbocycles. The van der Waals surface area contributed by atoms with Crippen molar-refractivity contribution in [2.24, 2.45) is 5.92 Å². The average Bonchev–Trinajstić information content (AvgIpc) is 3.15. The van der Waals surface area contributed by atoms with Crippen molar-refractivity contribution in [1.29, 1.82) is 0 Å². The molecule has 0 aliphatic carbocycles. The molecule has 1 amide bonds. The average molecular weight is 305 g/mol. The fourth-order valence-electron chi connectivity index (χ4n) is 5.27. The minimum Gasteiger partial charge on any atom is -0.341 e. The van der Waals surface area contributed by atoms with Crippen LogP contribution in [0.2, 0.25) is 0 Å². The van der Waals surface area contributed by atoms with Crippen LogP contribution in [0.1, 0.15) is 57.8 Å². The predicted octanol–water partition coefficient (Wildman–Crippen LogP) is 1.99. The Morgan fingerprint density at radius 3 is 2.41 bits per heavy atom. The van der Waals surface area contributed by atoms with Gasteiger partial charge in [0, 0.05) is 37.6 Å². The summed E-state index contributed by atoms with van der Waals surface area (Å²) < 4.78 is 0. The van der Waals surface area contributed by atoms with Gasteiger partial charge < -0.3 is 10.2 Å². The normalized spacial score (nSPS) is 39.4. The van der Waals surface area contributed by atoms with E-state index in [0.717, 1.165) is 19.5 Å². The summed E-state index contributed by atoms with van der Waals surface area (Å²) in [6.45, 7) is 4.50. The van der Waals surface area contributed by atoms with Gasteiger partial charge >= 0.3 is 0 Å². The fourth-order valence-corrected chi connectivity index (χ4v) is 5.27. The van der Waals surface area contributed by atoms with Gasteiger partial charge in [0.2, 0.25) is 5.91 Å². The zero-order chi connectivity index (χ0) is 14.9. The Morgan fingerprint density at radius 1 is 0.955 bits per heavy atom. The molecule has 4 nitrogen and oxygen atoms in total. The molecule has 22 heavy (non-hydrogen) atoms. The van der Waals surface area contributed by atoms with Crippen molar-refractivity contribution in [3.63, 3.8) is 0 Å². The van der Waals surface area contributed by atoms with Gasteiger partial charge in [-0.15, -0.1) is 0 Å². The van der Waals surface area contributed by atoms with E-state index in [-0.39, 0.29) is 0 Å². The smallest absolute Gasteiger partial charge is 0.222 e. The third-order valence-electron chi connectivity index (χ3n) is 6.46. The monoisotopic (exact) mass is 305 g/mol. The minimum absolute atomic E-state index is 0.436. The molecule has 0 aromatic rings. The summed E-state index contributed by atoms with van der Waals surface area (Å²) in [5.41, 5.74) is 0. The van der Waals surface area contributed by atoms with Crippen LogP contribution in [0.3, 0.4) is 0 Å². The molecule has 4 fully saturated rings. The summed E-state index contributed by atoms with van der Waals surface area (Å²) in [5, 5.41) is 3.68. The quantitative estimate of drug-likeness (QED) is 0.866. The van der Waals surface area contributed by atoms with Gasteiger partial charge in [-0.05, 0) is 64.0 Å². The molecular weight excluding hydrogens is 274 g/mol. The lowest BCUT2D eigenvalue weighted by Gasteiger charge is -2.32. The number of hydrogen-bond donors (Lipinski definition) is 1. The number of nitrogens with zero attached hydrogens (tertiary/aromatic N) is 2. The van der Waals surface area contributed by atoms with Crippen molar-refractivity contribution in [3.05, 3.63) is 0 Å². The van der Waals surface area contributed by atoms with Gasteiger partial charge in [0.05, 0.1) is 0 Å². The number of nitrogens with one attached hydrogen (secondary N) is 1. The predicted molar refractivity (Wildman–Crippen MR) is 87.7 cm³/mol. The highest BCUT2D eigenvalue weighted by Gasteiger charge is 2.36. The van der Waals surface area contributed by atoms with Gasteiger partial charge in [-0.2, -0.15) is 0 Å². The van der Waals surface area contributed by atoms with E-state index in [9.17, 15) is 4.79 Å². The largest absolute Gasteiger partial charge is 0.341 e. The van der Waals surface area contributed by atoms with Gasteiger partial charge in [0.1, 0.15) is 0 Å². The first-order chi connectivity index (χ1) is 10.8. The van der Waals surface area contributed by atoms with Crippen molar-refractivity contribution in [2.45, 2.75) is 75.9 Å². The molecule has 3 unspecified atom stereocenters. The highest BCUT2D eigenvalue weighted by atomic mass is 16.2. The number of carbonyl (C=O) groups is 1. The second kappa shape index (κ2) is 6.48. The van der Waals surface area contributed by atoms with E-state index in [0.29, 0.717) is 30.0 Å². The van der Waals surface area contributed by atoms with Gasteiger partial charge in [0.25, 0.3) is 0 Å².